The molecule has 2 N–H and O–H groups in total. The molecule has 2 fully saturated rings. The van der Waals surface area contributed by atoms with Gasteiger partial charge in [0.15, 0.2) is 0 Å². The molecule has 1 unspecified atom stereocenters. The molecule has 2 aliphatic rings. The second-order valence-corrected chi connectivity index (χ2v) is 6.72. The maximum Gasteiger partial charge on any atom is 0.254 e. The number of amides is 1. The summed E-state index contributed by atoms with van der Waals surface area (Å²) in [6, 6.07) is 4.85. The summed E-state index contributed by atoms with van der Waals surface area (Å²) in [5.41, 5.74) is 2.22. The molecule has 0 radical (unpaired) electrons. The van der Waals surface area contributed by atoms with E-state index >= 15 is 0 Å². The Morgan fingerprint density at radius 1 is 1.27 bits per heavy atom. The van der Waals surface area contributed by atoms with Crippen molar-refractivity contribution in [2.24, 2.45) is 5.41 Å². The fourth-order valence-electron chi connectivity index (χ4n) is 4.31. The SMILES string of the molecule is Cc1c(F)cccc1C1(C(=O)NO)CCC2(CCOCC2)C1. The van der Waals surface area contributed by atoms with Crippen LogP contribution in [0.5, 0.6) is 0 Å². The number of rotatable bonds is 2. The van der Waals surface area contributed by atoms with Gasteiger partial charge in [0.25, 0.3) is 5.91 Å². The molecule has 4 nitrogen and oxygen atoms in total. The summed E-state index contributed by atoms with van der Waals surface area (Å²) in [5.74, 6) is -0.736. The van der Waals surface area contributed by atoms with Gasteiger partial charge in [-0.15, -0.1) is 0 Å². The van der Waals surface area contributed by atoms with Crippen molar-refractivity contribution in [1.29, 1.82) is 0 Å². The molecular weight excluding hydrogens is 285 g/mol. The Morgan fingerprint density at radius 3 is 2.68 bits per heavy atom. The van der Waals surface area contributed by atoms with Crippen molar-refractivity contribution in [3.8, 4) is 0 Å². The van der Waals surface area contributed by atoms with E-state index in [0.29, 0.717) is 37.2 Å². The van der Waals surface area contributed by atoms with Crippen molar-refractivity contribution >= 4 is 5.91 Å². The third-order valence-electron chi connectivity index (χ3n) is 5.63. The summed E-state index contributed by atoms with van der Waals surface area (Å²) in [6.07, 6.45) is 4.01. The lowest BCUT2D eigenvalue weighted by molar-refractivity contribution is -0.135. The number of hydroxylamine groups is 1. The summed E-state index contributed by atoms with van der Waals surface area (Å²) >= 11 is 0. The molecule has 1 aliphatic heterocycles. The Balaban J connectivity index is 2.04. The van der Waals surface area contributed by atoms with Crippen molar-refractivity contribution < 1.29 is 19.1 Å². The van der Waals surface area contributed by atoms with Crippen LogP contribution in [0.25, 0.3) is 0 Å². The van der Waals surface area contributed by atoms with E-state index in [-0.39, 0.29) is 11.2 Å². The highest BCUT2D eigenvalue weighted by molar-refractivity contribution is 5.88. The molecule has 1 aromatic rings. The third kappa shape index (κ3) is 2.32. The van der Waals surface area contributed by atoms with Crippen LogP contribution in [0.2, 0.25) is 0 Å². The zero-order chi connectivity index (χ0) is 15.8. The number of halogens is 1. The van der Waals surface area contributed by atoms with Gasteiger partial charge in [0.1, 0.15) is 5.82 Å². The number of carbonyl (C=O) groups is 1. The normalized spacial score (nSPS) is 27.0. The quantitative estimate of drug-likeness (QED) is 0.652. The van der Waals surface area contributed by atoms with Crippen LogP contribution in [-0.4, -0.2) is 24.3 Å². The summed E-state index contributed by atoms with van der Waals surface area (Å²) < 4.78 is 19.4. The van der Waals surface area contributed by atoms with Gasteiger partial charge >= 0.3 is 0 Å². The van der Waals surface area contributed by atoms with Crippen LogP contribution < -0.4 is 5.48 Å². The van der Waals surface area contributed by atoms with E-state index in [0.717, 1.165) is 19.3 Å². The Labute approximate surface area is 129 Å². The first kappa shape index (κ1) is 15.4. The lowest BCUT2D eigenvalue weighted by Gasteiger charge is -2.36. The molecule has 5 heteroatoms. The Bertz CT molecular complexity index is 583. The van der Waals surface area contributed by atoms with Crippen molar-refractivity contribution in [2.45, 2.75) is 44.4 Å². The standard InChI is InChI=1S/C17H22FNO3/c1-12-13(3-2-4-14(12)18)17(15(20)19-21)6-5-16(11-17)7-9-22-10-8-16/h2-4,21H,5-11H2,1H3,(H,19,20). The maximum atomic E-state index is 14.0. The molecular formula is C17H22FNO3. The smallest absolute Gasteiger partial charge is 0.254 e. The van der Waals surface area contributed by atoms with E-state index in [2.05, 4.69) is 0 Å². The zero-order valence-corrected chi connectivity index (χ0v) is 12.8. The highest BCUT2D eigenvalue weighted by atomic mass is 19.1. The molecule has 1 atom stereocenters. The van der Waals surface area contributed by atoms with Gasteiger partial charge in [0.2, 0.25) is 0 Å². The second-order valence-electron chi connectivity index (χ2n) is 6.72. The van der Waals surface area contributed by atoms with Gasteiger partial charge in [0.05, 0.1) is 5.41 Å². The van der Waals surface area contributed by atoms with E-state index in [1.807, 2.05) is 11.5 Å². The molecule has 1 aromatic carbocycles. The first-order chi connectivity index (χ1) is 10.5. The molecule has 1 saturated heterocycles. The minimum atomic E-state index is -0.849. The summed E-state index contributed by atoms with van der Waals surface area (Å²) in [5, 5.41) is 9.25. The number of carbonyl (C=O) groups excluding carboxylic acids is 1. The molecule has 0 bridgehead atoms. The fraction of sp³-hybridized carbons (Fsp3) is 0.588. The first-order valence-electron chi connectivity index (χ1n) is 7.81. The number of ether oxygens (including phenoxy) is 1. The van der Waals surface area contributed by atoms with E-state index in [9.17, 15) is 14.4 Å². The highest BCUT2D eigenvalue weighted by Gasteiger charge is 2.54. The molecule has 0 aromatic heterocycles. The number of nitrogens with one attached hydrogen (secondary N) is 1. The summed E-state index contributed by atoms with van der Waals surface area (Å²) in [7, 11) is 0. The molecule has 1 spiro atoms. The lowest BCUT2D eigenvalue weighted by Crippen LogP contribution is -2.43. The predicted octanol–water partition coefficient (Wildman–Crippen LogP) is 2.86. The number of benzene rings is 1. The van der Waals surface area contributed by atoms with Gasteiger partial charge < -0.3 is 4.74 Å². The Morgan fingerprint density at radius 2 is 2.00 bits per heavy atom. The van der Waals surface area contributed by atoms with Crippen LogP contribution in [0.3, 0.4) is 0 Å². The van der Waals surface area contributed by atoms with Crippen molar-refractivity contribution in [1.82, 2.24) is 5.48 Å². The van der Waals surface area contributed by atoms with Crippen LogP contribution in [0, 0.1) is 18.2 Å². The average Bonchev–Trinajstić information content (AvgIpc) is 2.90. The Kier molecular flexibility index (Phi) is 3.95. The zero-order valence-electron chi connectivity index (χ0n) is 12.8. The molecule has 1 heterocycles. The van der Waals surface area contributed by atoms with Crippen molar-refractivity contribution in [3.05, 3.63) is 35.1 Å². The van der Waals surface area contributed by atoms with E-state index in [4.69, 9.17) is 4.74 Å². The molecule has 1 amide bonds. The van der Waals surface area contributed by atoms with Crippen LogP contribution in [0.15, 0.2) is 18.2 Å². The minimum Gasteiger partial charge on any atom is -0.381 e. The third-order valence-corrected chi connectivity index (χ3v) is 5.63. The van der Waals surface area contributed by atoms with Gasteiger partial charge in [-0.05, 0) is 61.6 Å². The van der Waals surface area contributed by atoms with Crippen molar-refractivity contribution in [2.75, 3.05) is 13.2 Å². The average molecular weight is 307 g/mol. The summed E-state index contributed by atoms with van der Waals surface area (Å²) in [6.45, 7) is 3.12. The minimum absolute atomic E-state index is 0.0590. The van der Waals surface area contributed by atoms with E-state index in [1.54, 1.807) is 13.0 Å². The first-order valence-corrected chi connectivity index (χ1v) is 7.81. The largest absolute Gasteiger partial charge is 0.381 e. The maximum absolute atomic E-state index is 14.0. The highest BCUT2D eigenvalue weighted by Crippen LogP contribution is 2.56. The van der Waals surface area contributed by atoms with Crippen LogP contribution >= 0.6 is 0 Å². The van der Waals surface area contributed by atoms with Gasteiger partial charge in [-0.1, -0.05) is 12.1 Å². The van der Waals surface area contributed by atoms with Gasteiger partial charge in [-0.2, -0.15) is 0 Å². The van der Waals surface area contributed by atoms with Crippen LogP contribution in [0.1, 0.15) is 43.2 Å². The van der Waals surface area contributed by atoms with Gasteiger partial charge in [0, 0.05) is 13.2 Å². The topological polar surface area (TPSA) is 58.6 Å². The fourth-order valence-corrected chi connectivity index (χ4v) is 4.31. The van der Waals surface area contributed by atoms with Gasteiger partial charge in [-0.3, -0.25) is 10.0 Å². The molecule has 1 saturated carbocycles. The van der Waals surface area contributed by atoms with Gasteiger partial charge in [-0.25, -0.2) is 9.87 Å². The molecule has 1 aliphatic carbocycles. The molecule has 120 valence electrons. The molecule has 3 rings (SSSR count). The monoisotopic (exact) mass is 307 g/mol. The lowest BCUT2D eigenvalue weighted by atomic mass is 9.70. The second kappa shape index (κ2) is 5.63. The van der Waals surface area contributed by atoms with Crippen LogP contribution in [0.4, 0.5) is 4.39 Å². The summed E-state index contributed by atoms with van der Waals surface area (Å²) in [4.78, 5) is 12.5. The van der Waals surface area contributed by atoms with Crippen LogP contribution in [-0.2, 0) is 14.9 Å². The number of hydrogen-bond acceptors (Lipinski definition) is 3. The number of hydrogen-bond donors (Lipinski definition) is 2. The van der Waals surface area contributed by atoms with Crippen molar-refractivity contribution in [3.63, 3.8) is 0 Å². The van der Waals surface area contributed by atoms with E-state index in [1.165, 1.54) is 6.07 Å². The Hall–Kier alpha value is -1.46. The van der Waals surface area contributed by atoms with E-state index < -0.39 is 11.3 Å². The molecule has 22 heavy (non-hydrogen) atoms. The predicted molar refractivity (Wildman–Crippen MR) is 79.1 cm³/mol.